The summed E-state index contributed by atoms with van der Waals surface area (Å²) in [7, 11) is 1.58. The third-order valence-electron chi connectivity index (χ3n) is 2.69. The fourth-order valence-electron chi connectivity index (χ4n) is 1.69. The van der Waals surface area contributed by atoms with Gasteiger partial charge >= 0.3 is 5.97 Å². The molecule has 0 fully saturated rings. The molecule has 21 heavy (non-hydrogen) atoms. The van der Waals surface area contributed by atoms with Gasteiger partial charge in [-0.15, -0.1) is 0 Å². The fraction of sp³-hybridized carbons (Fsp3) is 0.0588. The molecule has 0 amide bonds. The summed E-state index contributed by atoms with van der Waals surface area (Å²) in [4.78, 5) is 11.7. The van der Waals surface area contributed by atoms with Crippen LogP contribution in [0.2, 0.25) is 0 Å². The predicted octanol–water partition coefficient (Wildman–Crippen LogP) is 3.19. The second-order valence-electron chi connectivity index (χ2n) is 4.17. The van der Waals surface area contributed by atoms with Crippen LogP contribution in [0.3, 0.4) is 0 Å². The summed E-state index contributed by atoms with van der Waals surface area (Å²) in [5.74, 6) is 0.550. The number of methoxy groups -OCH3 is 1. The molecule has 0 unspecified atom stereocenters. The Balaban J connectivity index is 2.03. The maximum atomic E-state index is 11.7. The van der Waals surface area contributed by atoms with Gasteiger partial charge < -0.3 is 9.47 Å². The van der Waals surface area contributed by atoms with Crippen LogP contribution in [0.25, 0.3) is 6.08 Å². The number of hydrogen-bond acceptors (Lipinski definition) is 4. The van der Waals surface area contributed by atoms with Gasteiger partial charge in [0, 0.05) is 6.08 Å². The van der Waals surface area contributed by atoms with Crippen molar-refractivity contribution in [1.29, 1.82) is 5.26 Å². The van der Waals surface area contributed by atoms with E-state index in [-0.39, 0.29) is 0 Å². The smallest absolute Gasteiger partial charge is 0.336 e. The van der Waals surface area contributed by atoms with Crippen molar-refractivity contribution in [3.63, 3.8) is 0 Å². The number of rotatable bonds is 4. The van der Waals surface area contributed by atoms with E-state index in [4.69, 9.17) is 14.7 Å². The predicted molar refractivity (Wildman–Crippen MR) is 78.8 cm³/mol. The van der Waals surface area contributed by atoms with E-state index in [1.807, 2.05) is 24.3 Å². The maximum absolute atomic E-state index is 11.7. The standard InChI is InChI=1S/C17H13NO3/c1-20-15-6-2-4-13(10-15)8-9-17(19)21-16-7-3-5-14(11-16)12-18/h2-11H,1H3/b9-8+. The summed E-state index contributed by atoms with van der Waals surface area (Å²) >= 11 is 0. The summed E-state index contributed by atoms with van der Waals surface area (Å²) in [6.45, 7) is 0. The highest BCUT2D eigenvalue weighted by Crippen LogP contribution is 2.15. The SMILES string of the molecule is COc1cccc(/C=C/C(=O)Oc2cccc(C#N)c2)c1. The van der Waals surface area contributed by atoms with E-state index in [1.54, 1.807) is 37.5 Å². The second kappa shape index (κ2) is 6.92. The Morgan fingerprint density at radius 1 is 1.14 bits per heavy atom. The average Bonchev–Trinajstić information content (AvgIpc) is 2.53. The summed E-state index contributed by atoms with van der Waals surface area (Å²) in [5.41, 5.74) is 1.27. The van der Waals surface area contributed by atoms with Crippen LogP contribution in [-0.2, 0) is 4.79 Å². The van der Waals surface area contributed by atoms with Crippen LogP contribution >= 0.6 is 0 Å². The van der Waals surface area contributed by atoms with Crippen molar-refractivity contribution < 1.29 is 14.3 Å². The van der Waals surface area contributed by atoms with Gasteiger partial charge in [0.15, 0.2) is 0 Å². The minimum absolute atomic E-state index is 0.342. The molecule has 0 saturated carbocycles. The lowest BCUT2D eigenvalue weighted by Gasteiger charge is -2.02. The van der Waals surface area contributed by atoms with Gasteiger partial charge in [0.1, 0.15) is 11.5 Å². The van der Waals surface area contributed by atoms with E-state index in [2.05, 4.69) is 0 Å². The summed E-state index contributed by atoms with van der Waals surface area (Å²) in [5, 5.41) is 8.78. The molecule has 0 atom stereocenters. The van der Waals surface area contributed by atoms with Gasteiger partial charge in [-0.3, -0.25) is 0 Å². The molecule has 0 N–H and O–H groups in total. The minimum Gasteiger partial charge on any atom is -0.497 e. The highest BCUT2D eigenvalue weighted by Gasteiger charge is 2.01. The molecule has 0 bridgehead atoms. The van der Waals surface area contributed by atoms with E-state index in [0.717, 1.165) is 5.56 Å². The minimum atomic E-state index is -0.507. The molecule has 0 aliphatic carbocycles. The van der Waals surface area contributed by atoms with E-state index in [0.29, 0.717) is 17.1 Å². The Hall–Kier alpha value is -3.06. The van der Waals surface area contributed by atoms with Gasteiger partial charge in [0.05, 0.1) is 18.7 Å². The van der Waals surface area contributed by atoms with Gasteiger partial charge in [0.25, 0.3) is 0 Å². The molecule has 4 nitrogen and oxygen atoms in total. The Morgan fingerprint density at radius 2 is 1.90 bits per heavy atom. The zero-order chi connectivity index (χ0) is 15.1. The van der Waals surface area contributed by atoms with Crippen LogP contribution in [0.1, 0.15) is 11.1 Å². The zero-order valence-electron chi connectivity index (χ0n) is 11.4. The molecule has 0 heterocycles. The van der Waals surface area contributed by atoms with Crippen LogP contribution in [0.15, 0.2) is 54.6 Å². The second-order valence-corrected chi connectivity index (χ2v) is 4.17. The van der Waals surface area contributed by atoms with E-state index in [1.165, 1.54) is 12.1 Å². The van der Waals surface area contributed by atoms with Gasteiger partial charge in [-0.2, -0.15) is 5.26 Å². The number of hydrogen-bond donors (Lipinski definition) is 0. The van der Waals surface area contributed by atoms with E-state index >= 15 is 0 Å². The number of ether oxygens (including phenoxy) is 2. The van der Waals surface area contributed by atoms with Gasteiger partial charge in [0.2, 0.25) is 0 Å². The maximum Gasteiger partial charge on any atom is 0.336 e. The van der Waals surface area contributed by atoms with Crippen LogP contribution < -0.4 is 9.47 Å². The molecule has 2 aromatic carbocycles. The fourth-order valence-corrected chi connectivity index (χ4v) is 1.69. The molecule has 0 aliphatic heterocycles. The molecule has 4 heteroatoms. The van der Waals surface area contributed by atoms with E-state index in [9.17, 15) is 4.79 Å². The van der Waals surface area contributed by atoms with Crippen molar-refractivity contribution in [2.45, 2.75) is 0 Å². The molecular formula is C17H13NO3. The van der Waals surface area contributed by atoms with Crippen molar-refractivity contribution in [2.75, 3.05) is 7.11 Å². The number of benzene rings is 2. The molecule has 2 rings (SSSR count). The van der Waals surface area contributed by atoms with Crippen LogP contribution in [0.5, 0.6) is 11.5 Å². The first-order valence-electron chi connectivity index (χ1n) is 6.25. The highest BCUT2D eigenvalue weighted by molar-refractivity contribution is 5.88. The molecule has 0 radical (unpaired) electrons. The number of nitrogens with zero attached hydrogens (tertiary/aromatic N) is 1. The first-order valence-corrected chi connectivity index (χ1v) is 6.25. The average molecular weight is 279 g/mol. The monoisotopic (exact) mass is 279 g/mol. The lowest BCUT2D eigenvalue weighted by Crippen LogP contribution is -2.03. The molecular weight excluding hydrogens is 266 g/mol. The quantitative estimate of drug-likeness (QED) is 0.490. The van der Waals surface area contributed by atoms with Crippen LogP contribution in [0.4, 0.5) is 0 Å². The van der Waals surface area contributed by atoms with Gasteiger partial charge in [-0.05, 0) is 42.0 Å². The molecule has 2 aromatic rings. The first kappa shape index (κ1) is 14.4. The lowest BCUT2D eigenvalue weighted by atomic mass is 10.2. The molecule has 0 spiro atoms. The molecule has 0 saturated heterocycles. The van der Waals surface area contributed by atoms with Crippen LogP contribution in [0, 0.1) is 11.3 Å². The van der Waals surface area contributed by atoms with Crippen molar-refractivity contribution in [1.82, 2.24) is 0 Å². The zero-order valence-corrected chi connectivity index (χ0v) is 11.4. The largest absolute Gasteiger partial charge is 0.497 e. The van der Waals surface area contributed by atoms with Crippen molar-refractivity contribution in [3.8, 4) is 17.6 Å². The van der Waals surface area contributed by atoms with E-state index < -0.39 is 5.97 Å². The molecule has 0 aromatic heterocycles. The number of carbonyl (C=O) groups is 1. The number of carbonyl (C=O) groups excluding carboxylic acids is 1. The van der Waals surface area contributed by atoms with Crippen molar-refractivity contribution in [3.05, 3.63) is 65.7 Å². The topological polar surface area (TPSA) is 59.3 Å². The molecule has 0 aliphatic rings. The first-order chi connectivity index (χ1) is 10.2. The molecule has 104 valence electrons. The third kappa shape index (κ3) is 4.22. The highest BCUT2D eigenvalue weighted by atomic mass is 16.5. The summed E-state index contributed by atoms with van der Waals surface area (Å²) in [6.07, 6.45) is 2.97. The summed E-state index contributed by atoms with van der Waals surface area (Å²) < 4.78 is 10.2. The van der Waals surface area contributed by atoms with Gasteiger partial charge in [-0.25, -0.2) is 4.79 Å². The Kier molecular flexibility index (Phi) is 4.73. The normalized spacial score (nSPS) is 10.1. The Labute approximate surface area is 122 Å². The number of esters is 1. The lowest BCUT2D eigenvalue weighted by molar-refractivity contribution is -0.128. The van der Waals surface area contributed by atoms with Gasteiger partial charge in [-0.1, -0.05) is 18.2 Å². The summed E-state index contributed by atoms with van der Waals surface area (Å²) in [6, 6.07) is 15.7. The Bertz CT molecular complexity index is 714. The van der Waals surface area contributed by atoms with Crippen LogP contribution in [-0.4, -0.2) is 13.1 Å². The number of nitriles is 1. The third-order valence-corrected chi connectivity index (χ3v) is 2.69. The Morgan fingerprint density at radius 3 is 2.67 bits per heavy atom. The van der Waals surface area contributed by atoms with Crippen molar-refractivity contribution in [2.24, 2.45) is 0 Å². The van der Waals surface area contributed by atoms with Crippen molar-refractivity contribution >= 4 is 12.0 Å².